The Morgan fingerprint density at radius 2 is 1.86 bits per heavy atom. The number of fused-ring (bicyclic) bond motifs is 1. The minimum atomic E-state index is -4.48. The fourth-order valence-corrected chi connectivity index (χ4v) is 5.37. The molecule has 0 aliphatic carbocycles. The molecule has 1 aromatic carbocycles. The molecule has 3 aromatic rings. The Balaban J connectivity index is 1.22. The first-order valence-electron chi connectivity index (χ1n) is 12.1. The molecule has 5 rings (SSSR count). The number of alkyl halides is 3. The summed E-state index contributed by atoms with van der Waals surface area (Å²) < 4.78 is 39.1. The zero-order valence-corrected chi connectivity index (χ0v) is 19.9. The molecule has 1 amide bonds. The largest absolute Gasteiger partial charge is 0.416 e. The number of piperidine rings is 1. The molecule has 0 radical (unpaired) electrons. The standard InChI is InChI=1S/C26H28F3N5O2/c1-30-25(36)22-5-4-20(14-31-22)33-10-7-19(8-11-33)34-9-6-17(15-34)23-12-16-2-3-18(26(27,28)29)13-21(16)24(35)32-23/h2-5,12-14,17,19H,6-11,15H2,1H3,(H,30,36)(H,32,35). The number of carbonyl (C=O) groups excluding carboxylic acids is 1. The number of benzene rings is 1. The molecule has 190 valence electrons. The van der Waals surface area contributed by atoms with E-state index >= 15 is 0 Å². The smallest absolute Gasteiger partial charge is 0.370 e. The summed E-state index contributed by atoms with van der Waals surface area (Å²) in [6.45, 7) is 3.52. The monoisotopic (exact) mass is 499 g/mol. The normalized spacial score (nSPS) is 19.7. The van der Waals surface area contributed by atoms with E-state index in [0.717, 1.165) is 69.0 Å². The van der Waals surface area contributed by atoms with Gasteiger partial charge < -0.3 is 15.2 Å². The fourth-order valence-electron chi connectivity index (χ4n) is 5.37. The summed E-state index contributed by atoms with van der Waals surface area (Å²) in [7, 11) is 1.58. The fraction of sp³-hybridized carbons (Fsp3) is 0.423. The van der Waals surface area contributed by atoms with Crippen molar-refractivity contribution in [1.29, 1.82) is 0 Å². The number of carbonyl (C=O) groups is 1. The van der Waals surface area contributed by atoms with E-state index in [1.165, 1.54) is 6.07 Å². The van der Waals surface area contributed by atoms with Gasteiger partial charge in [0.25, 0.3) is 11.5 Å². The summed E-state index contributed by atoms with van der Waals surface area (Å²) in [5.41, 5.74) is 0.894. The molecule has 4 heterocycles. The number of hydrogen-bond donors (Lipinski definition) is 2. The third kappa shape index (κ3) is 4.82. The second-order valence-electron chi connectivity index (χ2n) is 9.53. The minimum Gasteiger partial charge on any atom is -0.370 e. The van der Waals surface area contributed by atoms with Crippen LogP contribution in [0.1, 0.15) is 46.9 Å². The van der Waals surface area contributed by atoms with Crippen molar-refractivity contribution in [3.8, 4) is 0 Å². The summed E-state index contributed by atoms with van der Waals surface area (Å²) in [5.74, 6) is -0.0634. The summed E-state index contributed by atoms with van der Waals surface area (Å²) in [6, 6.07) is 9.26. The second kappa shape index (κ2) is 9.57. The van der Waals surface area contributed by atoms with Crippen molar-refractivity contribution in [1.82, 2.24) is 20.2 Å². The number of amides is 1. The lowest BCUT2D eigenvalue weighted by molar-refractivity contribution is -0.137. The van der Waals surface area contributed by atoms with Crippen molar-refractivity contribution in [2.75, 3.05) is 38.1 Å². The summed E-state index contributed by atoms with van der Waals surface area (Å²) in [4.78, 5) is 36.1. The Labute approximate surface area is 206 Å². The number of nitrogens with one attached hydrogen (secondary N) is 2. The maximum Gasteiger partial charge on any atom is 0.416 e. The molecule has 2 aliphatic rings. The predicted octanol–water partition coefficient (Wildman–Crippen LogP) is 3.76. The van der Waals surface area contributed by atoms with E-state index in [2.05, 4.69) is 25.1 Å². The number of hydrogen-bond acceptors (Lipinski definition) is 5. The van der Waals surface area contributed by atoms with Crippen LogP contribution >= 0.6 is 0 Å². The van der Waals surface area contributed by atoms with Crippen LogP contribution in [0.4, 0.5) is 18.9 Å². The van der Waals surface area contributed by atoms with Gasteiger partial charge in [0.05, 0.1) is 17.4 Å². The number of pyridine rings is 2. The van der Waals surface area contributed by atoms with Crippen LogP contribution in [-0.2, 0) is 6.18 Å². The molecule has 7 nitrogen and oxygen atoms in total. The quantitative estimate of drug-likeness (QED) is 0.572. The van der Waals surface area contributed by atoms with Gasteiger partial charge in [0.2, 0.25) is 0 Å². The molecule has 0 bridgehead atoms. The van der Waals surface area contributed by atoms with Crippen LogP contribution in [0.15, 0.2) is 47.4 Å². The Kier molecular flexibility index (Phi) is 6.46. The van der Waals surface area contributed by atoms with Crippen LogP contribution in [0, 0.1) is 0 Å². The highest BCUT2D eigenvalue weighted by atomic mass is 19.4. The molecular formula is C26H28F3N5O2. The van der Waals surface area contributed by atoms with Gasteiger partial charge in [0.15, 0.2) is 0 Å². The van der Waals surface area contributed by atoms with Crippen molar-refractivity contribution in [2.24, 2.45) is 0 Å². The Hall–Kier alpha value is -3.40. The first kappa shape index (κ1) is 24.3. The number of aromatic nitrogens is 2. The number of nitrogens with zero attached hydrogens (tertiary/aromatic N) is 3. The van der Waals surface area contributed by atoms with Crippen molar-refractivity contribution in [2.45, 2.75) is 37.4 Å². The van der Waals surface area contributed by atoms with Gasteiger partial charge in [0, 0.05) is 49.7 Å². The van der Waals surface area contributed by atoms with Crippen LogP contribution in [0.2, 0.25) is 0 Å². The molecule has 0 spiro atoms. The van der Waals surface area contributed by atoms with Crippen molar-refractivity contribution in [3.63, 3.8) is 0 Å². The number of likely N-dealkylation sites (tertiary alicyclic amines) is 1. The summed E-state index contributed by atoms with van der Waals surface area (Å²) >= 11 is 0. The highest BCUT2D eigenvalue weighted by molar-refractivity contribution is 5.92. The highest BCUT2D eigenvalue weighted by Crippen LogP contribution is 2.33. The lowest BCUT2D eigenvalue weighted by atomic mass is 10.00. The molecular weight excluding hydrogens is 471 g/mol. The number of H-pyrrole nitrogens is 1. The maximum absolute atomic E-state index is 13.0. The number of aromatic amines is 1. The molecule has 36 heavy (non-hydrogen) atoms. The third-order valence-electron chi connectivity index (χ3n) is 7.41. The molecule has 1 unspecified atom stereocenters. The zero-order valence-electron chi connectivity index (χ0n) is 19.9. The van der Waals surface area contributed by atoms with Crippen LogP contribution in [0.3, 0.4) is 0 Å². The molecule has 0 saturated carbocycles. The molecule has 2 aliphatic heterocycles. The van der Waals surface area contributed by atoms with E-state index in [4.69, 9.17) is 0 Å². The van der Waals surface area contributed by atoms with E-state index in [-0.39, 0.29) is 17.2 Å². The molecule has 2 aromatic heterocycles. The SMILES string of the molecule is CNC(=O)c1ccc(N2CCC(N3CCC(c4cc5ccc(C(F)(F)F)cc5c(=O)[nH]4)C3)CC2)cn1. The van der Waals surface area contributed by atoms with Crippen LogP contribution in [0.25, 0.3) is 10.8 Å². The molecule has 2 fully saturated rings. The van der Waals surface area contributed by atoms with Crippen LogP contribution < -0.4 is 15.8 Å². The summed E-state index contributed by atoms with van der Waals surface area (Å²) in [5, 5.41) is 3.17. The first-order valence-corrected chi connectivity index (χ1v) is 12.1. The van der Waals surface area contributed by atoms with Gasteiger partial charge in [-0.15, -0.1) is 0 Å². The van der Waals surface area contributed by atoms with Crippen molar-refractivity contribution < 1.29 is 18.0 Å². The van der Waals surface area contributed by atoms with Gasteiger partial charge in [-0.25, -0.2) is 4.98 Å². The topological polar surface area (TPSA) is 81.3 Å². The lowest BCUT2D eigenvalue weighted by Gasteiger charge is -2.37. The van der Waals surface area contributed by atoms with Crippen LogP contribution in [-0.4, -0.2) is 60.0 Å². The maximum atomic E-state index is 13.0. The average Bonchev–Trinajstić information content (AvgIpc) is 3.38. The average molecular weight is 500 g/mol. The van der Waals surface area contributed by atoms with Gasteiger partial charge in [-0.05, 0) is 61.5 Å². The van der Waals surface area contributed by atoms with Gasteiger partial charge in [-0.1, -0.05) is 6.07 Å². The van der Waals surface area contributed by atoms with Gasteiger partial charge >= 0.3 is 6.18 Å². The van der Waals surface area contributed by atoms with E-state index < -0.39 is 17.3 Å². The first-order chi connectivity index (χ1) is 17.2. The van der Waals surface area contributed by atoms with Crippen molar-refractivity contribution >= 4 is 22.4 Å². The Bertz CT molecular complexity index is 1310. The molecule has 2 saturated heterocycles. The molecule has 1 atom stereocenters. The minimum absolute atomic E-state index is 0.0636. The molecule has 10 heteroatoms. The third-order valence-corrected chi connectivity index (χ3v) is 7.41. The van der Waals surface area contributed by atoms with Gasteiger partial charge in [-0.2, -0.15) is 13.2 Å². The Morgan fingerprint density at radius 3 is 2.53 bits per heavy atom. The highest BCUT2D eigenvalue weighted by Gasteiger charge is 2.33. The Morgan fingerprint density at radius 1 is 1.08 bits per heavy atom. The summed E-state index contributed by atoms with van der Waals surface area (Å²) in [6.07, 6.45) is 0.154. The second-order valence-corrected chi connectivity index (χ2v) is 9.53. The zero-order chi connectivity index (χ0) is 25.4. The number of anilines is 1. The van der Waals surface area contributed by atoms with Crippen molar-refractivity contribution in [3.05, 3.63) is 69.9 Å². The van der Waals surface area contributed by atoms with E-state index in [0.29, 0.717) is 17.1 Å². The number of halogens is 3. The van der Waals surface area contributed by atoms with E-state index in [9.17, 15) is 22.8 Å². The van der Waals surface area contributed by atoms with Crippen LogP contribution in [0.5, 0.6) is 0 Å². The van der Waals surface area contributed by atoms with Gasteiger partial charge in [-0.3, -0.25) is 14.5 Å². The lowest BCUT2D eigenvalue weighted by Crippen LogP contribution is -2.44. The predicted molar refractivity (Wildman–Crippen MR) is 131 cm³/mol. The van der Waals surface area contributed by atoms with E-state index in [1.807, 2.05) is 12.1 Å². The van der Waals surface area contributed by atoms with Gasteiger partial charge in [0.1, 0.15) is 5.69 Å². The number of rotatable bonds is 4. The molecule has 2 N–H and O–H groups in total. The van der Waals surface area contributed by atoms with E-state index in [1.54, 1.807) is 19.3 Å².